The lowest BCUT2D eigenvalue weighted by molar-refractivity contribution is 0.560. The first-order valence-electron chi connectivity index (χ1n) is 4.55. The molecular weight excluding hydrogens is 214 g/mol. The zero-order valence-electron chi connectivity index (χ0n) is 8.21. The summed E-state index contributed by atoms with van der Waals surface area (Å²) in [6.45, 7) is 0. The Kier molecular flexibility index (Phi) is 2.64. The van der Waals surface area contributed by atoms with Gasteiger partial charge in [0, 0.05) is 36.1 Å². The molecule has 0 saturated carbocycles. The van der Waals surface area contributed by atoms with Gasteiger partial charge in [-0.1, -0.05) is 0 Å². The molecule has 0 fully saturated rings. The number of hydrogen-bond acceptors (Lipinski definition) is 3. The molecule has 0 amide bonds. The first-order valence-corrected chi connectivity index (χ1v) is 5.08. The fourth-order valence-corrected chi connectivity index (χ4v) is 1.72. The van der Waals surface area contributed by atoms with E-state index in [9.17, 15) is 4.79 Å². The Hall–Kier alpha value is -1.48. The summed E-state index contributed by atoms with van der Waals surface area (Å²) in [7, 11) is 1.81. The highest BCUT2D eigenvalue weighted by molar-refractivity contribution is 6.17. The Morgan fingerprint density at radius 2 is 2.20 bits per heavy atom. The van der Waals surface area contributed by atoms with Crippen LogP contribution in [-0.4, -0.2) is 7.05 Å². The van der Waals surface area contributed by atoms with Gasteiger partial charge in [0.05, 0.1) is 0 Å². The summed E-state index contributed by atoms with van der Waals surface area (Å²) < 4.78 is 5.09. The molecule has 78 valence electrons. The number of nitrogens with one attached hydrogen (secondary N) is 1. The molecule has 0 atom stereocenters. The van der Waals surface area contributed by atoms with E-state index in [1.165, 1.54) is 6.07 Å². The normalized spacial score (nSPS) is 10.5. The van der Waals surface area contributed by atoms with E-state index in [4.69, 9.17) is 16.0 Å². The second-order valence-electron chi connectivity index (χ2n) is 3.19. The maximum atomic E-state index is 11.2. The van der Waals surface area contributed by atoms with E-state index in [1.807, 2.05) is 19.2 Å². The highest BCUT2D eigenvalue weighted by Gasteiger charge is 2.04. The molecule has 0 aliphatic rings. The molecule has 0 radical (unpaired) electrons. The highest BCUT2D eigenvalue weighted by atomic mass is 35.5. The van der Waals surface area contributed by atoms with Gasteiger partial charge in [-0.15, -0.1) is 11.6 Å². The third kappa shape index (κ3) is 1.83. The third-order valence-corrected chi connectivity index (χ3v) is 2.55. The molecular formula is C11H10ClNO2. The summed E-state index contributed by atoms with van der Waals surface area (Å²) in [6, 6.07) is 7.02. The van der Waals surface area contributed by atoms with Crippen LogP contribution in [0.5, 0.6) is 0 Å². The summed E-state index contributed by atoms with van der Waals surface area (Å²) in [5, 5.41) is 3.86. The minimum Gasteiger partial charge on any atom is -0.423 e. The van der Waals surface area contributed by atoms with E-state index in [-0.39, 0.29) is 5.63 Å². The van der Waals surface area contributed by atoms with Crippen molar-refractivity contribution in [3.8, 4) is 0 Å². The fourth-order valence-electron chi connectivity index (χ4n) is 1.50. The molecule has 4 heteroatoms. The van der Waals surface area contributed by atoms with Crippen LogP contribution in [0.25, 0.3) is 11.0 Å². The van der Waals surface area contributed by atoms with Crippen LogP contribution in [-0.2, 0) is 5.88 Å². The van der Waals surface area contributed by atoms with E-state index >= 15 is 0 Å². The van der Waals surface area contributed by atoms with Crippen molar-refractivity contribution in [1.82, 2.24) is 0 Å². The van der Waals surface area contributed by atoms with Crippen LogP contribution >= 0.6 is 11.6 Å². The molecule has 0 bridgehead atoms. The van der Waals surface area contributed by atoms with Crippen molar-refractivity contribution in [2.45, 2.75) is 5.88 Å². The molecule has 15 heavy (non-hydrogen) atoms. The summed E-state index contributed by atoms with van der Waals surface area (Å²) in [4.78, 5) is 11.2. The van der Waals surface area contributed by atoms with Crippen LogP contribution in [0, 0.1) is 0 Å². The fraction of sp³-hybridized carbons (Fsp3) is 0.182. The Balaban J connectivity index is 2.78. The van der Waals surface area contributed by atoms with Gasteiger partial charge in [-0.25, -0.2) is 4.79 Å². The Labute approximate surface area is 91.7 Å². The van der Waals surface area contributed by atoms with Crippen molar-refractivity contribution in [3.63, 3.8) is 0 Å². The molecule has 1 N–H and O–H groups in total. The predicted molar refractivity (Wildman–Crippen MR) is 61.6 cm³/mol. The molecule has 2 aromatic rings. The number of anilines is 1. The van der Waals surface area contributed by atoms with Gasteiger partial charge in [0.2, 0.25) is 0 Å². The lowest BCUT2D eigenvalue weighted by Crippen LogP contribution is -1.99. The maximum Gasteiger partial charge on any atom is 0.336 e. The Morgan fingerprint density at radius 1 is 1.40 bits per heavy atom. The van der Waals surface area contributed by atoms with Gasteiger partial charge in [0.1, 0.15) is 5.58 Å². The highest BCUT2D eigenvalue weighted by Crippen LogP contribution is 2.21. The molecule has 0 unspecified atom stereocenters. The second-order valence-corrected chi connectivity index (χ2v) is 3.45. The number of halogens is 1. The van der Waals surface area contributed by atoms with E-state index in [0.717, 1.165) is 16.6 Å². The van der Waals surface area contributed by atoms with Gasteiger partial charge in [-0.3, -0.25) is 0 Å². The lowest BCUT2D eigenvalue weighted by Gasteiger charge is -2.04. The predicted octanol–water partition coefficient (Wildman–Crippen LogP) is 2.57. The van der Waals surface area contributed by atoms with Crippen LogP contribution in [0.4, 0.5) is 5.69 Å². The number of rotatable bonds is 2. The molecule has 0 aliphatic carbocycles. The van der Waals surface area contributed by atoms with Gasteiger partial charge in [-0.05, 0) is 17.7 Å². The van der Waals surface area contributed by atoms with Gasteiger partial charge in [0.15, 0.2) is 0 Å². The largest absolute Gasteiger partial charge is 0.423 e. The third-order valence-electron chi connectivity index (χ3n) is 2.26. The van der Waals surface area contributed by atoms with Crippen molar-refractivity contribution < 1.29 is 4.42 Å². The molecule has 0 saturated heterocycles. The second kappa shape index (κ2) is 3.95. The van der Waals surface area contributed by atoms with E-state index in [0.29, 0.717) is 11.5 Å². The standard InChI is InChI=1S/C11H10ClNO2/c1-13-8-2-3-9-7(6-12)4-11(14)15-10(9)5-8/h2-5,13H,6H2,1H3. The summed E-state index contributed by atoms with van der Waals surface area (Å²) >= 11 is 5.76. The monoisotopic (exact) mass is 223 g/mol. The van der Waals surface area contributed by atoms with Crippen molar-refractivity contribution in [1.29, 1.82) is 0 Å². The van der Waals surface area contributed by atoms with E-state index in [1.54, 1.807) is 6.07 Å². The molecule has 1 aromatic carbocycles. The number of alkyl halides is 1. The van der Waals surface area contributed by atoms with Gasteiger partial charge < -0.3 is 9.73 Å². The smallest absolute Gasteiger partial charge is 0.336 e. The van der Waals surface area contributed by atoms with Crippen molar-refractivity contribution in [2.75, 3.05) is 12.4 Å². The molecule has 0 aliphatic heterocycles. The number of benzene rings is 1. The summed E-state index contributed by atoms with van der Waals surface area (Å²) in [5.74, 6) is 0.307. The zero-order valence-corrected chi connectivity index (χ0v) is 8.97. The van der Waals surface area contributed by atoms with Gasteiger partial charge >= 0.3 is 5.63 Å². The van der Waals surface area contributed by atoms with Crippen molar-refractivity contribution in [3.05, 3.63) is 40.2 Å². The minimum atomic E-state index is -0.369. The first-order chi connectivity index (χ1) is 7.24. The van der Waals surface area contributed by atoms with Crippen molar-refractivity contribution >= 4 is 28.3 Å². The first kappa shape index (κ1) is 10.1. The van der Waals surface area contributed by atoms with Crippen LogP contribution in [0.15, 0.2) is 33.5 Å². The maximum absolute atomic E-state index is 11.2. The summed E-state index contributed by atoms with van der Waals surface area (Å²) in [5.41, 5.74) is 1.89. The van der Waals surface area contributed by atoms with Crippen LogP contribution in [0.3, 0.4) is 0 Å². The lowest BCUT2D eigenvalue weighted by atomic mass is 10.1. The Bertz CT molecular complexity index is 548. The number of hydrogen-bond donors (Lipinski definition) is 1. The van der Waals surface area contributed by atoms with Crippen LogP contribution < -0.4 is 10.9 Å². The average molecular weight is 224 g/mol. The molecule has 2 rings (SSSR count). The molecule has 1 aromatic heterocycles. The SMILES string of the molecule is CNc1ccc2c(CCl)cc(=O)oc2c1. The average Bonchev–Trinajstić information content (AvgIpc) is 2.26. The van der Waals surface area contributed by atoms with Crippen LogP contribution in [0.1, 0.15) is 5.56 Å². The van der Waals surface area contributed by atoms with Gasteiger partial charge in [-0.2, -0.15) is 0 Å². The molecule has 1 heterocycles. The quantitative estimate of drug-likeness (QED) is 0.629. The Morgan fingerprint density at radius 3 is 2.87 bits per heavy atom. The summed E-state index contributed by atoms with van der Waals surface area (Å²) in [6.07, 6.45) is 0. The van der Waals surface area contributed by atoms with E-state index in [2.05, 4.69) is 5.32 Å². The van der Waals surface area contributed by atoms with Crippen LogP contribution in [0.2, 0.25) is 0 Å². The minimum absolute atomic E-state index is 0.307. The molecule has 0 spiro atoms. The number of fused-ring (bicyclic) bond motifs is 1. The van der Waals surface area contributed by atoms with E-state index < -0.39 is 0 Å². The zero-order chi connectivity index (χ0) is 10.8. The topological polar surface area (TPSA) is 42.2 Å². The van der Waals surface area contributed by atoms with Crippen molar-refractivity contribution in [2.24, 2.45) is 0 Å². The molecule has 3 nitrogen and oxygen atoms in total. The van der Waals surface area contributed by atoms with Gasteiger partial charge in [0.25, 0.3) is 0 Å².